The van der Waals surface area contributed by atoms with Crippen LogP contribution in [0.15, 0.2) is 60.7 Å². The van der Waals surface area contributed by atoms with Crippen molar-refractivity contribution in [2.75, 3.05) is 32.5 Å². The third kappa shape index (κ3) is 11.1. The van der Waals surface area contributed by atoms with Crippen LogP contribution in [0.3, 0.4) is 0 Å². The molecule has 278 valence electrons. The minimum absolute atomic E-state index is 0.00248. The van der Waals surface area contributed by atoms with Gasteiger partial charge in [-0.15, -0.1) is 11.8 Å². The van der Waals surface area contributed by atoms with Crippen molar-refractivity contribution in [1.29, 1.82) is 0 Å². The summed E-state index contributed by atoms with van der Waals surface area (Å²) in [6.07, 6.45) is 8.50. The summed E-state index contributed by atoms with van der Waals surface area (Å²) in [7, 11) is 1.40. The van der Waals surface area contributed by atoms with E-state index < -0.39 is 12.1 Å². The third-order valence-electron chi connectivity index (χ3n) is 10.6. The highest BCUT2D eigenvalue weighted by atomic mass is 32.2. The Morgan fingerprint density at radius 3 is 2.24 bits per heavy atom. The van der Waals surface area contributed by atoms with E-state index >= 15 is 0 Å². The molecule has 2 aromatic carbocycles. The maximum atomic E-state index is 14.1. The molecule has 3 fully saturated rings. The Kier molecular flexibility index (Phi) is 14.8. The molecule has 2 aromatic rings. The molecule has 51 heavy (non-hydrogen) atoms. The molecule has 6 atom stereocenters. The summed E-state index contributed by atoms with van der Waals surface area (Å²) in [5.41, 5.74) is 2.31. The van der Waals surface area contributed by atoms with E-state index in [9.17, 15) is 19.2 Å². The van der Waals surface area contributed by atoms with Crippen molar-refractivity contribution in [2.45, 2.75) is 108 Å². The number of piperidine rings is 1. The van der Waals surface area contributed by atoms with Gasteiger partial charge < -0.3 is 25.2 Å². The second-order valence-corrected chi connectivity index (χ2v) is 16.3. The van der Waals surface area contributed by atoms with Gasteiger partial charge in [0, 0.05) is 19.0 Å². The molecular weight excluding hydrogens is 661 g/mol. The molecule has 3 aliphatic rings. The molecule has 3 saturated heterocycles. The number of fused-ring (bicyclic) bond motifs is 1. The molecule has 3 amide bonds. The van der Waals surface area contributed by atoms with Crippen LogP contribution in [0.25, 0.3) is 0 Å². The Morgan fingerprint density at radius 2 is 1.55 bits per heavy atom. The Bertz CT molecular complexity index is 1430. The van der Waals surface area contributed by atoms with Gasteiger partial charge in [-0.05, 0) is 106 Å². The number of carbonyl (C=O) groups excluding carboxylic acids is 4. The average Bonchev–Trinajstić information content (AvgIpc) is 3.41. The number of methoxy groups -OCH3 is 1. The van der Waals surface area contributed by atoms with Crippen LogP contribution in [-0.4, -0.2) is 89.5 Å². The Hall–Kier alpha value is -3.37. The quantitative estimate of drug-likeness (QED) is 0.231. The van der Waals surface area contributed by atoms with Gasteiger partial charge in [-0.25, -0.2) is 4.79 Å². The predicted molar refractivity (Wildman–Crippen MR) is 203 cm³/mol. The number of nitrogens with zero attached hydrogens (tertiary/aromatic N) is 2. The van der Waals surface area contributed by atoms with E-state index in [1.165, 1.54) is 12.7 Å². The number of hydrogen-bond donors (Lipinski definition) is 2. The maximum Gasteiger partial charge on any atom is 0.328 e. The first-order valence-corrected chi connectivity index (χ1v) is 20.2. The lowest BCUT2D eigenvalue weighted by Crippen LogP contribution is -2.57. The molecule has 0 bridgehead atoms. The molecule has 9 nitrogen and oxygen atoms in total. The van der Waals surface area contributed by atoms with Gasteiger partial charge in [0.05, 0.1) is 18.5 Å². The van der Waals surface area contributed by atoms with Gasteiger partial charge in [-0.1, -0.05) is 74.5 Å². The molecule has 0 radical (unpaired) electrons. The average molecular weight is 719 g/mol. The summed E-state index contributed by atoms with van der Waals surface area (Å²) in [5.74, 6) is 0.702. The zero-order valence-corrected chi connectivity index (χ0v) is 31.6. The second kappa shape index (κ2) is 19.5. The van der Waals surface area contributed by atoms with Gasteiger partial charge in [0.25, 0.3) is 0 Å². The number of benzene rings is 2. The van der Waals surface area contributed by atoms with Gasteiger partial charge in [0.15, 0.2) is 0 Å². The Morgan fingerprint density at radius 1 is 0.843 bits per heavy atom. The van der Waals surface area contributed by atoms with E-state index in [-0.39, 0.29) is 46.9 Å². The van der Waals surface area contributed by atoms with Crippen LogP contribution in [0, 0.1) is 17.8 Å². The largest absolute Gasteiger partial charge is 0.467 e. The fraction of sp³-hybridized carbons (Fsp3) is 0.610. The highest BCUT2D eigenvalue weighted by Crippen LogP contribution is 2.35. The Balaban J connectivity index is 1.30. The molecule has 3 heterocycles. The standard InChI is InChI=1S/C41H58N4O5S/c1-29(2)28-44-23-11-10-17-35(39(44)47)43-38(46)33(26-31-15-8-5-9-16-31)21-20-32(25-30-13-6-4-7-14-30)27-42-34-22-24-51-37-19-12-18-36(41(49)50-3)45(37)40(34)48/h4-9,13-16,29,32-37,42H,10-12,17-28H2,1-3H3,(H,43,46)/t32-,33-,34?,35-,36?,37?/m0/s1. The SMILES string of the molecule is COC(=O)C1CCCC2SCCC(NC[C@@H](CC[C@@H](Cc3ccccc3)C(=O)N[C@H]3CCCCN(CC(C)C)C3=O)Cc3ccccc3)C(=O)N21. The number of rotatable bonds is 15. The summed E-state index contributed by atoms with van der Waals surface area (Å²) in [6, 6.07) is 19.1. The first kappa shape index (κ1) is 38.9. The molecule has 10 heteroatoms. The van der Waals surface area contributed by atoms with Gasteiger partial charge in [0.1, 0.15) is 12.1 Å². The number of carbonyl (C=O) groups is 4. The van der Waals surface area contributed by atoms with Gasteiger partial charge in [-0.2, -0.15) is 0 Å². The summed E-state index contributed by atoms with van der Waals surface area (Å²) in [6.45, 7) is 6.31. The molecule has 0 saturated carbocycles. The number of amides is 3. The second-order valence-electron chi connectivity index (χ2n) is 15.0. The monoisotopic (exact) mass is 718 g/mol. The van der Waals surface area contributed by atoms with Crippen LogP contribution in [0.5, 0.6) is 0 Å². The summed E-state index contributed by atoms with van der Waals surface area (Å²) in [4.78, 5) is 58.1. The van der Waals surface area contributed by atoms with Crippen LogP contribution >= 0.6 is 11.8 Å². The number of thioether (sulfide) groups is 1. The first-order valence-electron chi connectivity index (χ1n) is 19.2. The lowest BCUT2D eigenvalue weighted by Gasteiger charge is -2.40. The van der Waals surface area contributed by atoms with E-state index in [1.54, 1.807) is 16.7 Å². The van der Waals surface area contributed by atoms with Crippen molar-refractivity contribution in [3.05, 3.63) is 71.8 Å². The molecule has 5 rings (SSSR count). The minimum atomic E-state index is -0.536. The lowest BCUT2D eigenvalue weighted by molar-refractivity contribution is -0.156. The number of esters is 1. The van der Waals surface area contributed by atoms with Gasteiger partial charge in [-0.3, -0.25) is 14.4 Å². The summed E-state index contributed by atoms with van der Waals surface area (Å²) < 4.78 is 5.11. The lowest BCUT2D eigenvalue weighted by atomic mass is 9.87. The van der Waals surface area contributed by atoms with Crippen LogP contribution in [0.1, 0.15) is 82.8 Å². The van der Waals surface area contributed by atoms with Crippen molar-refractivity contribution in [2.24, 2.45) is 17.8 Å². The fourth-order valence-electron chi connectivity index (χ4n) is 7.95. The maximum absolute atomic E-state index is 14.1. The third-order valence-corrected chi connectivity index (χ3v) is 12.0. The number of ether oxygens (including phenoxy) is 1. The normalized spacial score (nSPS) is 23.9. The highest BCUT2D eigenvalue weighted by Gasteiger charge is 2.43. The van der Waals surface area contributed by atoms with Crippen molar-refractivity contribution in [3.63, 3.8) is 0 Å². The number of hydrogen-bond acceptors (Lipinski definition) is 7. The van der Waals surface area contributed by atoms with Crippen LogP contribution in [0.4, 0.5) is 0 Å². The van der Waals surface area contributed by atoms with Crippen molar-refractivity contribution >= 4 is 35.5 Å². The minimum Gasteiger partial charge on any atom is -0.467 e. The number of likely N-dealkylation sites (tertiary alicyclic amines) is 1. The van der Waals surface area contributed by atoms with Crippen LogP contribution < -0.4 is 10.6 Å². The molecule has 0 spiro atoms. The molecular formula is C41H58N4O5S. The topological polar surface area (TPSA) is 108 Å². The highest BCUT2D eigenvalue weighted by molar-refractivity contribution is 7.99. The van der Waals surface area contributed by atoms with Crippen molar-refractivity contribution in [3.8, 4) is 0 Å². The van der Waals surface area contributed by atoms with E-state index in [0.29, 0.717) is 51.1 Å². The summed E-state index contributed by atoms with van der Waals surface area (Å²) in [5, 5.41) is 6.84. The zero-order valence-electron chi connectivity index (χ0n) is 30.8. The fourth-order valence-corrected chi connectivity index (χ4v) is 9.34. The van der Waals surface area contributed by atoms with E-state index in [0.717, 1.165) is 56.4 Å². The van der Waals surface area contributed by atoms with Gasteiger partial charge >= 0.3 is 5.97 Å². The predicted octanol–water partition coefficient (Wildman–Crippen LogP) is 5.61. The summed E-state index contributed by atoms with van der Waals surface area (Å²) >= 11 is 1.77. The van der Waals surface area contributed by atoms with Crippen molar-refractivity contribution < 1.29 is 23.9 Å². The first-order chi connectivity index (χ1) is 24.7. The van der Waals surface area contributed by atoms with E-state index in [1.807, 2.05) is 41.3 Å². The van der Waals surface area contributed by atoms with E-state index in [4.69, 9.17) is 4.74 Å². The van der Waals surface area contributed by atoms with E-state index in [2.05, 4.69) is 48.7 Å². The van der Waals surface area contributed by atoms with Gasteiger partial charge in [0.2, 0.25) is 17.7 Å². The van der Waals surface area contributed by atoms with Crippen molar-refractivity contribution in [1.82, 2.24) is 20.4 Å². The molecule has 2 N–H and O–H groups in total. The smallest absolute Gasteiger partial charge is 0.328 e. The zero-order chi connectivity index (χ0) is 36.2. The van der Waals surface area contributed by atoms with Crippen LogP contribution in [-0.2, 0) is 36.8 Å². The van der Waals surface area contributed by atoms with Crippen LogP contribution in [0.2, 0.25) is 0 Å². The number of nitrogens with one attached hydrogen (secondary N) is 2. The molecule has 0 aliphatic carbocycles. The Labute approximate surface area is 309 Å². The molecule has 3 unspecified atom stereocenters. The molecule has 3 aliphatic heterocycles. The molecule has 0 aromatic heterocycles.